The molecule has 0 aromatic heterocycles. The van der Waals surface area contributed by atoms with E-state index in [0.717, 1.165) is 6.42 Å². The standard InChI is InChI=1S/C5H10O2S/c1-3-4(2)7-5(6)8/h4H,3H2,1-2H3,(H,6,8)/p-1. The van der Waals surface area contributed by atoms with Gasteiger partial charge in [-0.15, -0.1) is 0 Å². The van der Waals surface area contributed by atoms with Crippen molar-refractivity contribution in [3.05, 3.63) is 0 Å². The zero-order valence-electron chi connectivity index (χ0n) is 5.01. The van der Waals surface area contributed by atoms with Crippen LogP contribution in [0.1, 0.15) is 20.3 Å². The summed E-state index contributed by atoms with van der Waals surface area (Å²) in [5, 5.41) is -0.612. The maximum Gasteiger partial charge on any atom is 0.184 e. The molecular weight excluding hydrogens is 124 g/mol. The Kier molecular flexibility index (Phi) is 3.52. The number of carbonyl (C=O) groups excluding carboxylic acids is 1. The molecule has 0 aliphatic rings. The molecule has 0 bridgehead atoms. The van der Waals surface area contributed by atoms with Gasteiger partial charge in [0, 0.05) is 0 Å². The summed E-state index contributed by atoms with van der Waals surface area (Å²) in [6.45, 7) is 3.74. The highest BCUT2D eigenvalue weighted by Crippen LogP contribution is 1.95. The molecule has 0 saturated heterocycles. The highest BCUT2D eigenvalue weighted by Gasteiger charge is 1.94. The van der Waals surface area contributed by atoms with Gasteiger partial charge >= 0.3 is 0 Å². The van der Waals surface area contributed by atoms with Gasteiger partial charge < -0.3 is 17.4 Å². The molecule has 0 saturated carbocycles. The third-order valence-corrected chi connectivity index (χ3v) is 0.969. The van der Waals surface area contributed by atoms with Gasteiger partial charge in [0.2, 0.25) is 0 Å². The quantitative estimate of drug-likeness (QED) is 0.421. The Morgan fingerprint density at radius 2 is 2.38 bits per heavy atom. The Morgan fingerprint density at radius 3 is 2.50 bits per heavy atom. The summed E-state index contributed by atoms with van der Waals surface area (Å²) in [6, 6.07) is 0. The van der Waals surface area contributed by atoms with Crippen molar-refractivity contribution in [3.8, 4) is 0 Å². The van der Waals surface area contributed by atoms with Crippen LogP contribution in [-0.2, 0) is 17.4 Å². The van der Waals surface area contributed by atoms with E-state index in [4.69, 9.17) is 0 Å². The normalized spacial score (nSPS) is 12.8. The number of carbonyl (C=O) groups is 1. The van der Waals surface area contributed by atoms with Gasteiger partial charge in [-0.3, -0.25) is 4.79 Å². The average molecular weight is 133 g/mol. The lowest BCUT2D eigenvalue weighted by Crippen LogP contribution is -2.09. The largest absolute Gasteiger partial charge is 0.698 e. The van der Waals surface area contributed by atoms with Gasteiger partial charge in [-0.1, -0.05) is 6.92 Å². The fourth-order valence-electron chi connectivity index (χ4n) is 0.248. The lowest BCUT2D eigenvalue weighted by atomic mass is 10.3. The van der Waals surface area contributed by atoms with Crippen molar-refractivity contribution in [1.29, 1.82) is 0 Å². The molecular formula is C5H9O2S-. The summed E-state index contributed by atoms with van der Waals surface area (Å²) in [5.74, 6) is 0. The molecule has 0 amide bonds. The lowest BCUT2D eigenvalue weighted by Gasteiger charge is -2.12. The maximum atomic E-state index is 10.0. The minimum Gasteiger partial charge on any atom is -0.698 e. The second-order valence-corrected chi connectivity index (χ2v) is 1.92. The van der Waals surface area contributed by atoms with Crippen molar-refractivity contribution in [2.45, 2.75) is 26.4 Å². The van der Waals surface area contributed by atoms with E-state index in [-0.39, 0.29) is 6.10 Å². The molecule has 0 spiro atoms. The first kappa shape index (κ1) is 7.69. The average Bonchev–Trinajstić information content (AvgIpc) is 1.65. The second-order valence-electron chi connectivity index (χ2n) is 1.59. The Hall–Kier alpha value is -0.310. The van der Waals surface area contributed by atoms with E-state index in [1.807, 2.05) is 13.8 Å². The van der Waals surface area contributed by atoms with Crippen LogP contribution < -0.4 is 0 Å². The number of hydrogen-bond donors (Lipinski definition) is 0. The van der Waals surface area contributed by atoms with E-state index in [1.165, 1.54) is 0 Å². The molecule has 0 N–H and O–H groups in total. The van der Waals surface area contributed by atoms with Crippen LogP contribution in [0.5, 0.6) is 0 Å². The highest BCUT2D eigenvalue weighted by molar-refractivity contribution is 7.76. The molecule has 0 heterocycles. The van der Waals surface area contributed by atoms with Gasteiger partial charge in [0.25, 0.3) is 0 Å². The van der Waals surface area contributed by atoms with Crippen LogP contribution in [-0.4, -0.2) is 11.4 Å². The van der Waals surface area contributed by atoms with E-state index >= 15 is 0 Å². The summed E-state index contributed by atoms with van der Waals surface area (Å²) in [4.78, 5) is 10.0. The van der Waals surface area contributed by atoms with Crippen LogP contribution in [0, 0.1) is 0 Å². The zero-order chi connectivity index (χ0) is 6.57. The summed E-state index contributed by atoms with van der Waals surface area (Å²) in [6.07, 6.45) is 0.794. The van der Waals surface area contributed by atoms with E-state index in [1.54, 1.807) is 0 Å². The van der Waals surface area contributed by atoms with Crippen molar-refractivity contribution in [2.75, 3.05) is 0 Å². The van der Waals surface area contributed by atoms with Gasteiger partial charge in [0.1, 0.15) is 0 Å². The molecule has 0 fully saturated rings. The van der Waals surface area contributed by atoms with Gasteiger partial charge in [0.05, 0.1) is 6.10 Å². The maximum absolute atomic E-state index is 10.0. The molecule has 0 aliphatic carbocycles. The molecule has 1 unspecified atom stereocenters. The van der Waals surface area contributed by atoms with Gasteiger partial charge in [-0.25, -0.2) is 0 Å². The van der Waals surface area contributed by atoms with Crippen LogP contribution in [0.2, 0.25) is 0 Å². The molecule has 1 atom stereocenters. The number of hydrogen-bond acceptors (Lipinski definition) is 3. The molecule has 0 rings (SSSR count). The predicted octanol–water partition coefficient (Wildman–Crippen LogP) is 1.47. The lowest BCUT2D eigenvalue weighted by molar-refractivity contribution is 0.131. The highest BCUT2D eigenvalue weighted by atomic mass is 32.1. The molecule has 3 heteroatoms. The molecule has 0 aromatic carbocycles. The fraction of sp³-hybridized carbons (Fsp3) is 0.800. The molecule has 0 aromatic rings. The SMILES string of the molecule is CCC(C)OC(=O)[S-]. The number of rotatable bonds is 2. The monoisotopic (exact) mass is 133 g/mol. The van der Waals surface area contributed by atoms with Crippen LogP contribution in [0.3, 0.4) is 0 Å². The zero-order valence-corrected chi connectivity index (χ0v) is 5.83. The Balaban J connectivity index is 3.24. The van der Waals surface area contributed by atoms with Gasteiger partial charge in [0.15, 0.2) is 5.30 Å². The minimum absolute atomic E-state index is 0.0278. The van der Waals surface area contributed by atoms with Crippen LogP contribution in [0.4, 0.5) is 4.79 Å². The molecule has 0 aliphatic heterocycles. The molecule has 0 radical (unpaired) electrons. The van der Waals surface area contributed by atoms with Crippen molar-refractivity contribution < 1.29 is 9.53 Å². The smallest absolute Gasteiger partial charge is 0.184 e. The minimum atomic E-state index is -0.612. The van der Waals surface area contributed by atoms with E-state index in [0.29, 0.717) is 0 Å². The van der Waals surface area contributed by atoms with E-state index in [2.05, 4.69) is 17.4 Å². The molecule has 2 nitrogen and oxygen atoms in total. The van der Waals surface area contributed by atoms with Crippen molar-refractivity contribution in [3.63, 3.8) is 0 Å². The first-order valence-electron chi connectivity index (χ1n) is 2.54. The van der Waals surface area contributed by atoms with Crippen molar-refractivity contribution >= 4 is 17.9 Å². The van der Waals surface area contributed by atoms with Crippen LogP contribution in [0.15, 0.2) is 0 Å². The summed E-state index contributed by atoms with van der Waals surface area (Å²) in [5.41, 5.74) is 0. The van der Waals surface area contributed by atoms with Gasteiger partial charge in [-0.2, -0.15) is 0 Å². The first-order chi connectivity index (χ1) is 3.66. The summed E-state index contributed by atoms with van der Waals surface area (Å²) >= 11 is 4.16. The summed E-state index contributed by atoms with van der Waals surface area (Å²) in [7, 11) is 0. The van der Waals surface area contributed by atoms with E-state index in [9.17, 15) is 4.79 Å². The Morgan fingerprint density at radius 1 is 1.88 bits per heavy atom. The Labute approximate surface area is 54.6 Å². The van der Waals surface area contributed by atoms with Crippen molar-refractivity contribution in [1.82, 2.24) is 0 Å². The third-order valence-electron chi connectivity index (χ3n) is 0.872. The third kappa shape index (κ3) is 3.87. The summed E-state index contributed by atoms with van der Waals surface area (Å²) < 4.78 is 4.58. The topological polar surface area (TPSA) is 26.3 Å². The Bertz CT molecular complexity index is 82.5. The first-order valence-corrected chi connectivity index (χ1v) is 2.95. The van der Waals surface area contributed by atoms with Gasteiger partial charge in [-0.05, 0) is 13.3 Å². The molecule has 48 valence electrons. The predicted molar refractivity (Wildman–Crippen MR) is 33.6 cm³/mol. The van der Waals surface area contributed by atoms with Crippen LogP contribution >= 0.6 is 0 Å². The molecule has 8 heavy (non-hydrogen) atoms. The number of ether oxygens (including phenoxy) is 1. The fourth-order valence-corrected chi connectivity index (χ4v) is 0.412. The van der Waals surface area contributed by atoms with Crippen LogP contribution in [0.25, 0.3) is 0 Å². The van der Waals surface area contributed by atoms with Crippen molar-refractivity contribution in [2.24, 2.45) is 0 Å². The van der Waals surface area contributed by atoms with E-state index < -0.39 is 5.30 Å². The second kappa shape index (κ2) is 3.66.